The molecule has 0 amide bonds. The Morgan fingerprint density at radius 2 is 1.57 bits per heavy atom. The maximum Gasteiger partial charge on any atom is 0.237 e. The monoisotopic (exact) mass is 276 g/mol. The van der Waals surface area contributed by atoms with Gasteiger partial charge in [0.05, 0.1) is 6.54 Å². The number of hydrogen-bond donors (Lipinski definition) is 0. The molecule has 2 aromatic rings. The number of benzene rings is 2. The van der Waals surface area contributed by atoms with Crippen molar-refractivity contribution in [1.82, 2.24) is 4.90 Å². The van der Waals surface area contributed by atoms with Gasteiger partial charge in [0.1, 0.15) is 0 Å². The van der Waals surface area contributed by atoms with E-state index in [4.69, 9.17) is 6.57 Å². The van der Waals surface area contributed by atoms with Gasteiger partial charge in [-0.25, -0.2) is 6.57 Å². The van der Waals surface area contributed by atoms with Crippen molar-refractivity contribution in [3.63, 3.8) is 0 Å². The van der Waals surface area contributed by atoms with Crippen molar-refractivity contribution in [2.45, 2.75) is 31.5 Å². The average molecular weight is 276 g/mol. The largest absolute Gasteiger partial charge is 0.312 e. The molecule has 1 heterocycles. The van der Waals surface area contributed by atoms with E-state index in [9.17, 15) is 0 Å². The first-order chi connectivity index (χ1) is 10.3. The zero-order chi connectivity index (χ0) is 14.5. The molecule has 2 aromatic carbocycles. The first-order valence-electron chi connectivity index (χ1n) is 7.53. The molecule has 0 saturated carbocycles. The molecule has 0 bridgehead atoms. The third kappa shape index (κ3) is 3.51. The van der Waals surface area contributed by atoms with Crippen molar-refractivity contribution in [2.24, 2.45) is 0 Å². The Balaban J connectivity index is 1.72. The smallest absolute Gasteiger partial charge is 0.237 e. The van der Waals surface area contributed by atoms with Gasteiger partial charge in [-0.1, -0.05) is 60.7 Å². The van der Waals surface area contributed by atoms with Crippen LogP contribution in [0.1, 0.15) is 17.5 Å². The molecular formula is C19H20N2. The minimum atomic E-state index is 0.155. The van der Waals surface area contributed by atoms with E-state index in [0.717, 1.165) is 25.9 Å². The summed E-state index contributed by atoms with van der Waals surface area (Å²) in [6, 6.07) is 21.8. The summed E-state index contributed by atoms with van der Waals surface area (Å²) in [6.45, 7) is 9.19. The topological polar surface area (TPSA) is 7.60 Å². The van der Waals surface area contributed by atoms with Crippen molar-refractivity contribution < 1.29 is 0 Å². The van der Waals surface area contributed by atoms with Gasteiger partial charge < -0.3 is 4.85 Å². The van der Waals surface area contributed by atoms with E-state index in [-0.39, 0.29) is 6.04 Å². The van der Waals surface area contributed by atoms with Crippen LogP contribution in [0.4, 0.5) is 0 Å². The maximum atomic E-state index is 7.34. The minimum absolute atomic E-state index is 0.155. The molecule has 0 aromatic heterocycles. The molecule has 0 N–H and O–H groups in total. The van der Waals surface area contributed by atoms with Crippen LogP contribution in [0.5, 0.6) is 0 Å². The van der Waals surface area contributed by atoms with Crippen molar-refractivity contribution in [3.8, 4) is 0 Å². The average Bonchev–Trinajstić information content (AvgIpc) is 2.91. The highest BCUT2D eigenvalue weighted by Crippen LogP contribution is 2.25. The molecule has 106 valence electrons. The van der Waals surface area contributed by atoms with Gasteiger partial charge in [0.15, 0.2) is 0 Å². The second-order valence-electron chi connectivity index (χ2n) is 5.78. The standard InChI is InChI=1S/C19H20N2/c1-20-18-13-19(12-16-8-4-2-5-9-16)21(15-18)14-17-10-6-3-7-11-17/h2-11,18-19H,12-15H2/t18-,19-/m0/s1. The van der Waals surface area contributed by atoms with Gasteiger partial charge in [0.2, 0.25) is 6.04 Å². The van der Waals surface area contributed by atoms with Gasteiger partial charge >= 0.3 is 0 Å². The Labute approximate surface area is 126 Å². The predicted molar refractivity (Wildman–Crippen MR) is 85.8 cm³/mol. The summed E-state index contributed by atoms with van der Waals surface area (Å²) in [4.78, 5) is 6.26. The van der Waals surface area contributed by atoms with Gasteiger partial charge in [-0.15, -0.1) is 0 Å². The summed E-state index contributed by atoms with van der Waals surface area (Å²) in [5, 5.41) is 0. The lowest BCUT2D eigenvalue weighted by Crippen LogP contribution is -2.30. The first-order valence-corrected chi connectivity index (χ1v) is 7.53. The molecule has 0 unspecified atom stereocenters. The highest BCUT2D eigenvalue weighted by Gasteiger charge is 2.35. The fourth-order valence-corrected chi connectivity index (χ4v) is 3.16. The number of rotatable bonds is 4. The van der Waals surface area contributed by atoms with Crippen molar-refractivity contribution in [2.75, 3.05) is 6.54 Å². The Hall–Kier alpha value is -2.11. The Morgan fingerprint density at radius 1 is 0.952 bits per heavy atom. The highest BCUT2D eigenvalue weighted by molar-refractivity contribution is 5.19. The third-order valence-electron chi connectivity index (χ3n) is 4.23. The fraction of sp³-hybridized carbons (Fsp3) is 0.316. The summed E-state index contributed by atoms with van der Waals surface area (Å²) in [6.07, 6.45) is 2.03. The second-order valence-corrected chi connectivity index (χ2v) is 5.78. The first kappa shape index (κ1) is 13.9. The molecule has 1 saturated heterocycles. The Kier molecular flexibility index (Phi) is 4.33. The minimum Gasteiger partial charge on any atom is -0.312 e. The van der Waals surface area contributed by atoms with E-state index in [1.807, 2.05) is 0 Å². The number of nitrogens with zero attached hydrogens (tertiary/aromatic N) is 2. The molecule has 0 spiro atoms. The zero-order valence-electron chi connectivity index (χ0n) is 12.2. The molecule has 2 heteroatoms. The van der Waals surface area contributed by atoms with Crippen LogP contribution in [0.3, 0.4) is 0 Å². The molecular weight excluding hydrogens is 256 g/mol. The molecule has 1 fully saturated rings. The van der Waals surface area contributed by atoms with Crippen molar-refractivity contribution in [1.29, 1.82) is 0 Å². The summed E-state index contributed by atoms with van der Waals surface area (Å²) >= 11 is 0. The summed E-state index contributed by atoms with van der Waals surface area (Å²) in [7, 11) is 0. The van der Waals surface area contributed by atoms with Gasteiger partial charge in [0.25, 0.3) is 0 Å². The predicted octanol–water partition coefficient (Wildman–Crippen LogP) is 3.79. The van der Waals surface area contributed by atoms with Crippen LogP contribution >= 0.6 is 0 Å². The van der Waals surface area contributed by atoms with Crippen LogP contribution in [0, 0.1) is 6.57 Å². The molecule has 1 aliphatic rings. The quantitative estimate of drug-likeness (QED) is 0.771. The Morgan fingerprint density at radius 3 is 2.19 bits per heavy atom. The maximum absolute atomic E-state index is 7.34. The molecule has 3 rings (SSSR count). The SMILES string of the molecule is [C-]#[N+][C@H]1C[C@H](Cc2ccccc2)N(Cc2ccccc2)C1. The fourth-order valence-electron chi connectivity index (χ4n) is 3.16. The van der Waals surface area contributed by atoms with Gasteiger partial charge in [0, 0.05) is 19.0 Å². The van der Waals surface area contributed by atoms with Crippen LogP contribution in [0.15, 0.2) is 60.7 Å². The van der Waals surface area contributed by atoms with Crippen LogP contribution in [0.25, 0.3) is 4.85 Å². The molecule has 2 nitrogen and oxygen atoms in total. The van der Waals surface area contributed by atoms with Crippen LogP contribution in [0.2, 0.25) is 0 Å². The van der Waals surface area contributed by atoms with Gasteiger partial charge in [-0.05, 0) is 17.5 Å². The normalized spacial score (nSPS) is 22.0. The second kappa shape index (κ2) is 6.56. The third-order valence-corrected chi connectivity index (χ3v) is 4.23. The highest BCUT2D eigenvalue weighted by atomic mass is 15.2. The lowest BCUT2D eigenvalue weighted by molar-refractivity contribution is 0.243. The summed E-state index contributed by atoms with van der Waals surface area (Å²) in [5.41, 5.74) is 2.70. The van der Waals surface area contributed by atoms with E-state index in [1.54, 1.807) is 0 Å². The Bertz CT molecular complexity index is 551. The number of hydrogen-bond acceptors (Lipinski definition) is 1. The lowest BCUT2D eigenvalue weighted by atomic mass is 10.0. The van der Waals surface area contributed by atoms with E-state index >= 15 is 0 Å². The van der Waals surface area contributed by atoms with E-state index < -0.39 is 0 Å². The van der Waals surface area contributed by atoms with E-state index in [1.165, 1.54) is 11.1 Å². The molecule has 21 heavy (non-hydrogen) atoms. The summed E-state index contributed by atoms with van der Waals surface area (Å²) < 4.78 is 0. The van der Waals surface area contributed by atoms with Crippen LogP contribution in [-0.4, -0.2) is 23.5 Å². The number of likely N-dealkylation sites (tertiary alicyclic amines) is 1. The van der Waals surface area contributed by atoms with Crippen molar-refractivity contribution in [3.05, 3.63) is 83.2 Å². The van der Waals surface area contributed by atoms with Gasteiger partial charge in [-0.2, -0.15) is 0 Å². The van der Waals surface area contributed by atoms with E-state index in [0.29, 0.717) is 6.04 Å². The van der Waals surface area contributed by atoms with Gasteiger partial charge in [-0.3, -0.25) is 4.90 Å². The summed E-state index contributed by atoms with van der Waals surface area (Å²) in [5.74, 6) is 0. The molecule has 0 radical (unpaired) electrons. The van der Waals surface area contributed by atoms with Crippen LogP contribution in [-0.2, 0) is 13.0 Å². The molecule has 1 aliphatic heterocycles. The van der Waals surface area contributed by atoms with E-state index in [2.05, 4.69) is 70.4 Å². The molecule has 2 atom stereocenters. The zero-order valence-corrected chi connectivity index (χ0v) is 12.2. The molecule has 0 aliphatic carbocycles. The van der Waals surface area contributed by atoms with Crippen LogP contribution < -0.4 is 0 Å². The lowest BCUT2D eigenvalue weighted by Gasteiger charge is -2.23. The van der Waals surface area contributed by atoms with Crippen molar-refractivity contribution >= 4 is 0 Å².